The molecule has 0 saturated heterocycles. The van der Waals surface area contributed by atoms with Gasteiger partial charge >= 0.3 is 0 Å². The van der Waals surface area contributed by atoms with E-state index in [1.807, 2.05) is 38.1 Å². The maximum Gasteiger partial charge on any atom is 0.252 e. The van der Waals surface area contributed by atoms with E-state index in [0.717, 1.165) is 11.1 Å². The van der Waals surface area contributed by atoms with Gasteiger partial charge in [0.2, 0.25) is 0 Å². The van der Waals surface area contributed by atoms with E-state index >= 15 is 0 Å². The second-order valence-electron chi connectivity index (χ2n) is 4.71. The van der Waals surface area contributed by atoms with Crippen molar-refractivity contribution < 1.29 is 14.3 Å². The highest BCUT2D eigenvalue weighted by molar-refractivity contribution is 6.67. The van der Waals surface area contributed by atoms with Crippen molar-refractivity contribution in [3.05, 3.63) is 58.1 Å². The van der Waals surface area contributed by atoms with Gasteiger partial charge in [-0.2, -0.15) is 0 Å². The molecule has 0 aliphatic heterocycles. The summed E-state index contributed by atoms with van der Waals surface area (Å²) in [5.41, 5.74) is 2.46. The maximum atomic E-state index is 11.3. The molecule has 2 rings (SSSR count). The lowest BCUT2D eigenvalue weighted by Crippen LogP contribution is -2.03. The minimum atomic E-state index is -0.590. The van der Waals surface area contributed by atoms with Crippen LogP contribution in [0.3, 0.4) is 0 Å². The van der Waals surface area contributed by atoms with Crippen LogP contribution in [-0.4, -0.2) is 11.8 Å². The fraction of sp³-hybridized carbons (Fsp3) is 0.235. The topological polar surface area (TPSA) is 35.5 Å². The van der Waals surface area contributed by atoms with E-state index in [4.69, 9.17) is 32.7 Å². The normalized spacial score (nSPS) is 10.4. The van der Waals surface area contributed by atoms with Crippen LogP contribution in [0.15, 0.2) is 36.4 Å². The molecule has 0 unspecified atom stereocenters. The smallest absolute Gasteiger partial charge is 0.252 e. The highest BCUT2D eigenvalue weighted by atomic mass is 35.5. The molecule has 2 aromatic carbocycles. The Morgan fingerprint density at radius 2 is 1.91 bits per heavy atom. The first-order valence-corrected chi connectivity index (χ1v) is 7.62. The average molecular weight is 339 g/mol. The van der Waals surface area contributed by atoms with Crippen LogP contribution in [-0.2, 0) is 6.61 Å². The minimum Gasteiger partial charge on any atom is -0.490 e. The Kier molecular flexibility index (Phi) is 5.69. The fourth-order valence-corrected chi connectivity index (χ4v) is 2.38. The molecule has 0 spiro atoms. The largest absolute Gasteiger partial charge is 0.490 e. The van der Waals surface area contributed by atoms with Gasteiger partial charge in [-0.1, -0.05) is 35.9 Å². The summed E-state index contributed by atoms with van der Waals surface area (Å²) in [6.07, 6.45) is 0. The van der Waals surface area contributed by atoms with Crippen molar-refractivity contribution in [1.82, 2.24) is 0 Å². The van der Waals surface area contributed by atoms with Gasteiger partial charge in [-0.15, -0.1) is 0 Å². The third-order valence-electron chi connectivity index (χ3n) is 3.17. The number of rotatable bonds is 6. The minimum absolute atomic E-state index is 0.276. The van der Waals surface area contributed by atoms with Gasteiger partial charge in [-0.25, -0.2) is 0 Å². The summed E-state index contributed by atoms with van der Waals surface area (Å²) in [7, 11) is 0. The molecule has 5 heteroatoms. The van der Waals surface area contributed by atoms with E-state index in [1.165, 1.54) is 12.1 Å². The van der Waals surface area contributed by atoms with Crippen LogP contribution in [0.25, 0.3) is 0 Å². The number of halogens is 2. The first kappa shape index (κ1) is 16.7. The van der Waals surface area contributed by atoms with Crippen LogP contribution >= 0.6 is 23.2 Å². The molecular weight excluding hydrogens is 323 g/mol. The Balaban J connectivity index is 2.29. The molecule has 0 fully saturated rings. The molecule has 0 aliphatic rings. The summed E-state index contributed by atoms with van der Waals surface area (Å²) >= 11 is 11.7. The summed E-state index contributed by atoms with van der Waals surface area (Å²) in [6.45, 7) is 4.64. The van der Waals surface area contributed by atoms with Crippen molar-refractivity contribution in [3.8, 4) is 11.5 Å². The summed E-state index contributed by atoms with van der Waals surface area (Å²) < 4.78 is 11.3. The zero-order valence-electron chi connectivity index (χ0n) is 12.4. The van der Waals surface area contributed by atoms with Crippen molar-refractivity contribution in [2.24, 2.45) is 0 Å². The number of hydrogen-bond donors (Lipinski definition) is 0. The Bertz CT molecular complexity index is 684. The Morgan fingerprint density at radius 1 is 1.18 bits per heavy atom. The summed E-state index contributed by atoms with van der Waals surface area (Å²) in [6, 6.07) is 10.9. The fourth-order valence-electron chi connectivity index (χ4n) is 2.01. The van der Waals surface area contributed by atoms with E-state index in [1.54, 1.807) is 0 Å². The van der Waals surface area contributed by atoms with Gasteiger partial charge in [0.1, 0.15) is 6.61 Å². The van der Waals surface area contributed by atoms with Crippen LogP contribution in [0.2, 0.25) is 5.02 Å². The van der Waals surface area contributed by atoms with Crippen molar-refractivity contribution >= 4 is 28.4 Å². The van der Waals surface area contributed by atoms with E-state index in [0.29, 0.717) is 29.7 Å². The first-order valence-electron chi connectivity index (χ1n) is 6.86. The highest BCUT2D eigenvalue weighted by Crippen LogP contribution is 2.37. The molecule has 0 aromatic heterocycles. The Labute approximate surface area is 139 Å². The third kappa shape index (κ3) is 3.93. The highest BCUT2D eigenvalue weighted by Gasteiger charge is 2.15. The zero-order chi connectivity index (χ0) is 16.1. The quantitative estimate of drug-likeness (QED) is 0.695. The number of aryl methyl sites for hydroxylation is 1. The number of carbonyl (C=O) groups is 1. The van der Waals surface area contributed by atoms with E-state index in [-0.39, 0.29) is 5.56 Å². The van der Waals surface area contributed by atoms with Gasteiger partial charge in [0, 0.05) is 5.56 Å². The molecule has 0 atom stereocenters. The molecular formula is C17H16Cl2O3. The second kappa shape index (κ2) is 7.52. The standard InChI is InChI=1S/C17H16Cl2O3/c1-3-21-15-9-13(17(19)20)8-14(18)16(15)22-10-12-7-5-4-6-11(12)2/h4-9H,3,10H2,1-2H3. The lowest BCUT2D eigenvalue weighted by molar-refractivity contribution is 0.108. The zero-order valence-corrected chi connectivity index (χ0v) is 13.9. The van der Waals surface area contributed by atoms with E-state index < -0.39 is 5.24 Å². The molecule has 0 N–H and O–H groups in total. The number of benzene rings is 2. The van der Waals surface area contributed by atoms with Crippen molar-refractivity contribution in [3.63, 3.8) is 0 Å². The van der Waals surface area contributed by atoms with Gasteiger partial charge in [0.25, 0.3) is 5.24 Å². The number of ether oxygens (including phenoxy) is 2. The lowest BCUT2D eigenvalue weighted by atomic mass is 10.1. The molecule has 116 valence electrons. The number of hydrogen-bond acceptors (Lipinski definition) is 3. The van der Waals surface area contributed by atoms with Crippen LogP contribution in [0, 0.1) is 6.92 Å². The Hall–Kier alpha value is -1.71. The molecule has 0 amide bonds. The lowest BCUT2D eigenvalue weighted by Gasteiger charge is -2.15. The summed E-state index contributed by atoms with van der Waals surface area (Å²) in [4.78, 5) is 11.3. The maximum absolute atomic E-state index is 11.3. The van der Waals surface area contributed by atoms with E-state index in [9.17, 15) is 4.79 Å². The third-order valence-corrected chi connectivity index (χ3v) is 3.67. The summed E-state index contributed by atoms with van der Waals surface area (Å²) in [5, 5.41) is -0.295. The van der Waals surface area contributed by atoms with Crippen LogP contribution in [0.5, 0.6) is 11.5 Å². The van der Waals surface area contributed by atoms with Crippen LogP contribution in [0.4, 0.5) is 0 Å². The van der Waals surface area contributed by atoms with Gasteiger partial charge in [-0.05, 0) is 48.7 Å². The molecule has 0 heterocycles. The monoisotopic (exact) mass is 338 g/mol. The molecule has 0 saturated carbocycles. The summed E-state index contributed by atoms with van der Waals surface area (Å²) in [5.74, 6) is 0.820. The molecule has 0 aliphatic carbocycles. The van der Waals surface area contributed by atoms with Crippen LogP contribution in [0.1, 0.15) is 28.4 Å². The van der Waals surface area contributed by atoms with Crippen LogP contribution < -0.4 is 9.47 Å². The SMILES string of the molecule is CCOc1cc(C(=O)Cl)cc(Cl)c1OCc1ccccc1C. The molecule has 3 nitrogen and oxygen atoms in total. The average Bonchev–Trinajstić information content (AvgIpc) is 2.48. The predicted octanol–water partition coefficient (Wildman–Crippen LogP) is 5.01. The van der Waals surface area contributed by atoms with Gasteiger partial charge in [0.05, 0.1) is 11.6 Å². The number of carbonyl (C=O) groups excluding carboxylic acids is 1. The first-order chi connectivity index (χ1) is 10.5. The van der Waals surface area contributed by atoms with Crippen molar-refractivity contribution in [2.45, 2.75) is 20.5 Å². The molecule has 0 bridgehead atoms. The predicted molar refractivity (Wildman–Crippen MR) is 88.3 cm³/mol. The molecule has 0 radical (unpaired) electrons. The molecule has 22 heavy (non-hydrogen) atoms. The Morgan fingerprint density at radius 3 is 2.55 bits per heavy atom. The second-order valence-corrected chi connectivity index (χ2v) is 5.46. The van der Waals surface area contributed by atoms with Crippen molar-refractivity contribution in [1.29, 1.82) is 0 Å². The van der Waals surface area contributed by atoms with Crippen molar-refractivity contribution in [2.75, 3.05) is 6.61 Å². The van der Waals surface area contributed by atoms with Gasteiger partial charge in [0.15, 0.2) is 11.5 Å². The molecule has 2 aromatic rings. The van der Waals surface area contributed by atoms with Gasteiger partial charge in [-0.3, -0.25) is 4.79 Å². The van der Waals surface area contributed by atoms with Gasteiger partial charge < -0.3 is 9.47 Å². The van der Waals surface area contributed by atoms with E-state index in [2.05, 4.69) is 0 Å².